The zero-order valence-electron chi connectivity index (χ0n) is 17.2. The third kappa shape index (κ3) is 3.83. The summed E-state index contributed by atoms with van der Waals surface area (Å²) in [7, 11) is 0. The highest BCUT2D eigenvalue weighted by molar-refractivity contribution is 5.39. The number of rotatable bonds is 4. The van der Waals surface area contributed by atoms with Crippen LogP contribution in [0.2, 0.25) is 0 Å². The molecule has 2 saturated carbocycles. The summed E-state index contributed by atoms with van der Waals surface area (Å²) in [5, 5.41) is 0. The third-order valence-corrected chi connectivity index (χ3v) is 8.16. The molecule has 0 radical (unpaired) electrons. The Labute approximate surface area is 164 Å². The van der Waals surface area contributed by atoms with Crippen LogP contribution in [-0.4, -0.2) is 0 Å². The quantitative estimate of drug-likeness (QED) is 0.509. The van der Waals surface area contributed by atoms with E-state index in [9.17, 15) is 0 Å². The fraction of sp³-hybridized carbons (Fsp3) is 0.760. The van der Waals surface area contributed by atoms with Crippen LogP contribution in [0.4, 0.5) is 8.78 Å². The van der Waals surface area contributed by atoms with Gasteiger partial charge in [0.2, 0.25) is 0 Å². The topological polar surface area (TPSA) is 0 Å². The van der Waals surface area contributed by atoms with E-state index in [2.05, 4.69) is 13.8 Å². The molecule has 0 bridgehead atoms. The molecular weight excluding hydrogens is 338 g/mol. The van der Waals surface area contributed by atoms with Crippen molar-refractivity contribution >= 4 is 0 Å². The Bertz CT molecular complexity index is 665. The van der Waals surface area contributed by atoms with Crippen molar-refractivity contribution in [3.8, 4) is 0 Å². The Morgan fingerprint density at radius 2 is 1.70 bits per heavy atom. The van der Waals surface area contributed by atoms with Crippen molar-refractivity contribution in [3.63, 3.8) is 0 Å². The van der Waals surface area contributed by atoms with Crippen molar-refractivity contribution in [1.29, 1.82) is 0 Å². The molecule has 0 heterocycles. The lowest BCUT2D eigenvalue weighted by Gasteiger charge is -2.42. The maximum atomic E-state index is 15.4. The summed E-state index contributed by atoms with van der Waals surface area (Å²) in [5.74, 6) is 2.66. The van der Waals surface area contributed by atoms with Gasteiger partial charge in [-0.25, -0.2) is 8.78 Å². The van der Waals surface area contributed by atoms with Gasteiger partial charge < -0.3 is 0 Å². The molecule has 2 heteroatoms. The van der Waals surface area contributed by atoms with Gasteiger partial charge in [0.15, 0.2) is 0 Å². The van der Waals surface area contributed by atoms with E-state index in [4.69, 9.17) is 0 Å². The smallest absolute Gasteiger partial charge is 0.133 e. The second kappa shape index (κ2) is 8.21. The first-order valence-electron chi connectivity index (χ1n) is 11.6. The number of fused-ring (bicyclic) bond motifs is 2. The molecule has 0 N–H and O–H groups in total. The lowest BCUT2D eigenvalue weighted by atomic mass is 9.63. The predicted molar refractivity (Wildman–Crippen MR) is 108 cm³/mol. The summed E-state index contributed by atoms with van der Waals surface area (Å²) in [6.07, 6.45) is 13.4. The first kappa shape index (κ1) is 19.4. The van der Waals surface area contributed by atoms with Crippen molar-refractivity contribution in [2.45, 2.75) is 96.8 Å². The van der Waals surface area contributed by atoms with Crippen LogP contribution in [0.25, 0.3) is 0 Å². The van der Waals surface area contributed by atoms with Gasteiger partial charge in [0.05, 0.1) is 0 Å². The second-order valence-corrected chi connectivity index (χ2v) is 9.74. The minimum Gasteiger partial charge on any atom is -0.207 e. The molecule has 0 aliphatic heterocycles. The molecule has 3 aliphatic rings. The van der Waals surface area contributed by atoms with Crippen LogP contribution >= 0.6 is 0 Å². The van der Waals surface area contributed by atoms with Crippen LogP contribution in [0.1, 0.15) is 101 Å². The van der Waals surface area contributed by atoms with E-state index in [1.54, 1.807) is 6.07 Å². The average Bonchev–Trinajstić information content (AvgIpc) is 2.67. The summed E-state index contributed by atoms with van der Waals surface area (Å²) in [6.45, 7) is 4.50. The minimum absolute atomic E-state index is 0.100. The van der Waals surface area contributed by atoms with E-state index < -0.39 is 0 Å². The molecule has 1 aromatic rings. The average molecular weight is 375 g/mol. The van der Waals surface area contributed by atoms with E-state index >= 15 is 8.78 Å². The van der Waals surface area contributed by atoms with Gasteiger partial charge in [-0.05, 0) is 98.1 Å². The first-order chi connectivity index (χ1) is 13.1. The summed E-state index contributed by atoms with van der Waals surface area (Å²) in [5.41, 5.74) is 2.24. The van der Waals surface area contributed by atoms with Crippen LogP contribution in [0.5, 0.6) is 0 Å². The lowest BCUT2D eigenvalue weighted by molar-refractivity contribution is 0.114. The molecular formula is C25H36F2. The van der Waals surface area contributed by atoms with Gasteiger partial charge in [0.25, 0.3) is 0 Å². The molecule has 2 fully saturated rings. The summed E-state index contributed by atoms with van der Waals surface area (Å²) in [4.78, 5) is 0. The Morgan fingerprint density at radius 3 is 2.48 bits per heavy atom. The highest BCUT2D eigenvalue weighted by Crippen LogP contribution is 2.49. The van der Waals surface area contributed by atoms with Crippen molar-refractivity contribution in [2.75, 3.05) is 0 Å². The van der Waals surface area contributed by atoms with Crippen molar-refractivity contribution in [1.82, 2.24) is 0 Å². The first-order valence-corrected chi connectivity index (χ1v) is 11.6. The Balaban J connectivity index is 1.53. The SMILES string of the molecule is CCCC1CCc2c(cc(F)c(C3CCC4CC(CC)CCC4C3)c2F)C1. The van der Waals surface area contributed by atoms with Crippen LogP contribution < -0.4 is 0 Å². The highest BCUT2D eigenvalue weighted by atomic mass is 19.1. The summed E-state index contributed by atoms with van der Waals surface area (Å²) >= 11 is 0. The second-order valence-electron chi connectivity index (χ2n) is 9.74. The Hall–Kier alpha value is -0.920. The molecule has 0 amide bonds. The molecule has 1 aromatic carbocycles. The van der Waals surface area contributed by atoms with E-state index in [0.717, 1.165) is 61.5 Å². The lowest BCUT2D eigenvalue weighted by Crippen LogP contribution is -2.31. The highest BCUT2D eigenvalue weighted by Gasteiger charge is 2.38. The van der Waals surface area contributed by atoms with Crippen LogP contribution in [0, 0.1) is 35.3 Å². The molecule has 0 spiro atoms. The van der Waals surface area contributed by atoms with Gasteiger partial charge in [-0.15, -0.1) is 0 Å². The van der Waals surface area contributed by atoms with Gasteiger partial charge in [0.1, 0.15) is 11.6 Å². The van der Waals surface area contributed by atoms with Gasteiger partial charge in [-0.1, -0.05) is 39.5 Å². The fourth-order valence-electron chi connectivity index (χ4n) is 6.59. The fourth-order valence-corrected chi connectivity index (χ4v) is 6.59. The number of hydrogen-bond acceptors (Lipinski definition) is 0. The van der Waals surface area contributed by atoms with Crippen LogP contribution in [0.15, 0.2) is 6.07 Å². The third-order valence-electron chi connectivity index (χ3n) is 8.16. The number of halogens is 2. The van der Waals surface area contributed by atoms with Gasteiger partial charge in [-0.3, -0.25) is 0 Å². The monoisotopic (exact) mass is 374 g/mol. The van der Waals surface area contributed by atoms with Gasteiger partial charge in [0, 0.05) is 5.56 Å². The number of hydrogen-bond donors (Lipinski definition) is 0. The van der Waals surface area contributed by atoms with Gasteiger partial charge in [-0.2, -0.15) is 0 Å². The van der Waals surface area contributed by atoms with Crippen LogP contribution in [0.3, 0.4) is 0 Å². The molecule has 5 atom stereocenters. The van der Waals surface area contributed by atoms with E-state index in [-0.39, 0.29) is 17.6 Å². The van der Waals surface area contributed by atoms with Crippen molar-refractivity contribution in [3.05, 3.63) is 34.4 Å². The van der Waals surface area contributed by atoms with Crippen molar-refractivity contribution < 1.29 is 8.78 Å². The van der Waals surface area contributed by atoms with Crippen LogP contribution in [-0.2, 0) is 12.8 Å². The Morgan fingerprint density at radius 1 is 0.926 bits per heavy atom. The molecule has 0 aromatic heterocycles. The summed E-state index contributed by atoms with van der Waals surface area (Å²) < 4.78 is 30.4. The predicted octanol–water partition coefficient (Wildman–Crippen LogP) is 7.58. The van der Waals surface area contributed by atoms with Gasteiger partial charge >= 0.3 is 0 Å². The number of benzene rings is 1. The standard InChI is InChI=1S/C25H36F2/c1-3-5-17-7-11-22-21(13-17)15-23(26)24(25(22)27)20-10-9-18-12-16(4-2)6-8-19(18)14-20/h15-20H,3-14H2,1-2H3. The zero-order chi connectivity index (χ0) is 19.0. The van der Waals surface area contributed by atoms with E-state index in [0.29, 0.717) is 17.4 Å². The van der Waals surface area contributed by atoms with E-state index in [1.807, 2.05) is 0 Å². The molecule has 27 heavy (non-hydrogen) atoms. The molecule has 0 saturated heterocycles. The molecule has 3 aliphatic carbocycles. The van der Waals surface area contributed by atoms with Crippen molar-refractivity contribution in [2.24, 2.45) is 23.7 Å². The summed E-state index contributed by atoms with van der Waals surface area (Å²) in [6, 6.07) is 1.70. The maximum absolute atomic E-state index is 15.4. The van der Waals surface area contributed by atoms with E-state index in [1.165, 1.54) is 38.5 Å². The normalized spacial score (nSPS) is 33.4. The minimum atomic E-state index is -0.255. The maximum Gasteiger partial charge on any atom is 0.133 e. The Kier molecular flexibility index (Phi) is 5.90. The molecule has 150 valence electrons. The molecule has 5 unspecified atom stereocenters. The molecule has 4 rings (SSSR count). The largest absolute Gasteiger partial charge is 0.207 e. The molecule has 0 nitrogen and oxygen atoms in total. The zero-order valence-corrected chi connectivity index (χ0v) is 17.2.